The van der Waals surface area contributed by atoms with Crippen molar-refractivity contribution in [1.29, 1.82) is 0 Å². The minimum absolute atomic E-state index is 0.219. The van der Waals surface area contributed by atoms with Crippen LogP contribution in [0.15, 0.2) is 97.1 Å². The van der Waals surface area contributed by atoms with Crippen LogP contribution >= 0.6 is 0 Å². The van der Waals surface area contributed by atoms with Crippen LogP contribution in [0, 0.1) is 0 Å². The second kappa shape index (κ2) is 18.8. The number of hydrogen-bond acceptors (Lipinski definition) is 4. The molecule has 0 heterocycles. The van der Waals surface area contributed by atoms with Gasteiger partial charge in [-0.25, -0.2) is 0 Å². The van der Waals surface area contributed by atoms with Crippen LogP contribution < -0.4 is 9.47 Å². The van der Waals surface area contributed by atoms with Crippen molar-refractivity contribution in [2.45, 2.75) is 51.8 Å². The first-order chi connectivity index (χ1) is 21.3. The molecular weight excluding hydrogens is 565 g/mol. The number of unbranched alkanes of at least 4 members (excludes halogenated alkanes) is 3. The molecule has 0 radical (unpaired) electrons. The standard InChI is InChI=1S/C21H28O2.C16H15F3O2/c1-3-4-5-6-16-23-21-13-11-20(12-14-21)19-9-7-18(8-10-19)15-17-22-2;1-20-11-10-12-2-4-13(5-3-12)14-6-8-15(9-7-14)21-16(17,18)19/h7-14H,3-6,15-17H2,1-2H3;2-9H,10-11H2,1H3. The van der Waals surface area contributed by atoms with Crippen molar-refractivity contribution in [2.75, 3.05) is 34.0 Å². The lowest BCUT2D eigenvalue weighted by Gasteiger charge is -2.09. The van der Waals surface area contributed by atoms with Gasteiger partial charge in [-0.05, 0) is 76.9 Å². The Hall–Kier alpha value is -3.81. The van der Waals surface area contributed by atoms with Crippen molar-refractivity contribution < 1.29 is 32.1 Å². The molecule has 4 rings (SSSR count). The SMILES string of the molecule is CCCCCCOc1ccc(-c2ccc(CCOC)cc2)cc1.COCCc1ccc(-c2ccc(OC(F)(F)F)cc2)cc1. The van der Waals surface area contributed by atoms with E-state index in [0.717, 1.165) is 54.9 Å². The van der Waals surface area contributed by atoms with Gasteiger partial charge in [-0.2, -0.15) is 0 Å². The number of alkyl halides is 3. The van der Waals surface area contributed by atoms with Crippen molar-refractivity contribution in [3.8, 4) is 33.8 Å². The summed E-state index contributed by atoms with van der Waals surface area (Å²) < 4.78 is 56.0. The fraction of sp³-hybridized carbons (Fsp3) is 0.351. The number of benzene rings is 4. The van der Waals surface area contributed by atoms with E-state index in [1.807, 2.05) is 24.3 Å². The van der Waals surface area contributed by atoms with E-state index >= 15 is 0 Å². The Morgan fingerprint density at radius 2 is 0.909 bits per heavy atom. The summed E-state index contributed by atoms with van der Waals surface area (Å²) in [7, 11) is 3.39. The maximum Gasteiger partial charge on any atom is 0.573 e. The monoisotopic (exact) mass is 608 g/mol. The van der Waals surface area contributed by atoms with Gasteiger partial charge in [-0.1, -0.05) is 99.0 Å². The van der Waals surface area contributed by atoms with Crippen molar-refractivity contribution in [3.63, 3.8) is 0 Å². The van der Waals surface area contributed by atoms with Gasteiger partial charge >= 0.3 is 6.36 Å². The van der Waals surface area contributed by atoms with E-state index in [0.29, 0.717) is 6.61 Å². The molecule has 0 amide bonds. The Bertz CT molecular complexity index is 1320. The molecule has 236 valence electrons. The smallest absolute Gasteiger partial charge is 0.494 e. The zero-order valence-corrected chi connectivity index (χ0v) is 25.9. The fourth-order valence-electron chi connectivity index (χ4n) is 4.48. The normalized spacial score (nSPS) is 11.0. The van der Waals surface area contributed by atoms with Gasteiger partial charge in [0.25, 0.3) is 0 Å². The van der Waals surface area contributed by atoms with Crippen molar-refractivity contribution in [3.05, 3.63) is 108 Å². The molecule has 4 aromatic rings. The van der Waals surface area contributed by atoms with Crippen LogP contribution in [0.1, 0.15) is 43.7 Å². The van der Waals surface area contributed by atoms with Gasteiger partial charge in [-0.3, -0.25) is 0 Å². The van der Waals surface area contributed by atoms with Crippen LogP contribution in [-0.4, -0.2) is 40.4 Å². The molecule has 4 nitrogen and oxygen atoms in total. The first-order valence-electron chi connectivity index (χ1n) is 15.1. The lowest BCUT2D eigenvalue weighted by atomic mass is 10.0. The van der Waals surface area contributed by atoms with Gasteiger partial charge in [-0.15, -0.1) is 13.2 Å². The highest BCUT2D eigenvalue weighted by Gasteiger charge is 2.30. The van der Waals surface area contributed by atoms with Crippen molar-refractivity contribution >= 4 is 0 Å². The predicted molar refractivity (Wildman–Crippen MR) is 171 cm³/mol. The molecule has 0 N–H and O–H groups in total. The molecule has 0 unspecified atom stereocenters. The van der Waals surface area contributed by atoms with Gasteiger partial charge in [0.05, 0.1) is 19.8 Å². The quantitative estimate of drug-likeness (QED) is 0.126. The Morgan fingerprint density at radius 3 is 1.30 bits per heavy atom. The summed E-state index contributed by atoms with van der Waals surface area (Å²) in [6.45, 7) is 4.46. The molecule has 0 aliphatic heterocycles. The second-order valence-electron chi connectivity index (χ2n) is 10.4. The van der Waals surface area contributed by atoms with Gasteiger partial charge in [0.15, 0.2) is 0 Å². The third-order valence-corrected chi connectivity index (χ3v) is 6.97. The highest BCUT2D eigenvalue weighted by Crippen LogP contribution is 2.27. The van der Waals surface area contributed by atoms with Crippen LogP contribution in [0.25, 0.3) is 22.3 Å². The molecule has 0 spiro atoms. The van der Waals surface area contributed by atoms with E-state index in [4.69, 9.17) is 14.2 Å². The largest absolute Gasteiger partial charge is 0.573 e. The Balaban J connectivity index is 0.000000241. The summed E-state index contributed by atoms with van der Waals surface area (Å²) in [6.07, 6.45) is 2.07. The molecule has 0 aromatic heterocycles. The lowest BCUT2D eigenvalue weighted by molar-refractivity contribution is -0.274. The van der Waals surface area contributed by atoms with E-state index < -0.39 is 6.36 Å². The van der Waals surface area contributed by atoms with E-state index in [-0.39, 0.29) is 5.75 Å². The third kappa shape index (κ3) is 12.8. The summed E-state index contributed by atoms with van der Waals surface area (Å²) in [5.74, 6) is 0.741. The van der Waals surface area contributed by atoms with E-state index in [1.54, 1.807) is 26.4 Å². The van der Waals surface area contributed by atoms with Crippen LogP contribution in [0.4, 0.5) is 13.2 Å². The maximum atomic E-state index is 12.1. The topological polar surface area (TPSA) is 36.9 Å². The molecule has 0 bridgehead atoms. The molecular formula is C37H43F3O4. The van der Waals surface area contributed by atoms with E-state index in [9.17, 15) is 13.2 Å². The number of rotatable bonds is 15. The maximum absolute atomic E-state index is 12.1. The van der Waals surface area contributed by atoms with Gasteiger partial charge in [0.1, 0.15) is 11.5 Å². The molecule has 0 fully saturated rings. The van der Waals surface area contributed by atoms with Gasteiger partial charge in [0, 0.05) is 14.2 Å². The Labute approximate surface area is 259 Å². The number of hydrogen-bond donors (Lipinski definition) is 0. The summed E-state index contributed by atoms with van der Waals surface area (Å²) in [6, 6.07) is 30.7. The molecule has 0 saturated heterocycles. The average Bonchev–Trinajstić information content (AvgIpc) is 3.03. The second-order valence-corrected chi connectivity index (χ2v) is 10.4. The predicted octanol–water partition coefficient (Wildman–Crippen LogP) is 9.94. The highest BCUT2D eigenvalue weighted by atomic mass is 19.4. The number of halogens is 3. The lowest BCUT2D eigenvalue weighted by Crippen LogP contribution is -2.16. The molecule has 0 saturated carbocycles. The minimum atomic E-state index is -4.66. The third-order valence-electron chi connectivity index (χ3n) is 6.97. The molecule has 7 heteroatoms. The minimum Gasteiger partial charge on any atom is -0.494 e. The fourth-order valence-corrected chi connectivity index (χ4v) is 4.48. The summed E-state index contributed by atoms with van der Waals surface area (Å²) in [5.41, 5.74) is 6.69. The van der Waals surface area contributed by atoms with Gasteiger partial charge < -0.3 is 18.9 Å². The van der Waals surface area contributed by atoms with Crippen LogP contribution in [0.2, 0.25) is 0 Å². The summed E-state index contributed by atoms with van der Waals surface area (Å²) >= 11 is 0. The molecule has 44 heavy (non-hydrogen) atoms. The van der Waals surface area contributed by atoms with Crippen LogP contribution in [0.3, 0.4) is 0 Å². The van der Waals surface area contributed by atoms with E-state index in [2.05, 4.69) is 60.2 Å². The van der Waals surface area contributed by atoms with Crippen LogP contribution in [-0.2, 0) is 22.3 Å². The first kappa shape index (κ1) is 34.7. The Morgan fingerprint density at radius 1 is 0.500 bits per heavy atom. The first-order valence-corrected chi connectivity index (χ1v) is 15.1. The number of methoxy groups -OCH3 is 2. The van der Waals surface area contributed by atoms with Crippen molar-refractivity contribution in [1.82, 2.24) is 0 Å². The molecule has 0 aliphatic carbocycles. The zero-order valence-electron chi connectivity index (χ0n) is 25.9. The summed E-state index contributed by atoms with van der Waals surface area (Å²) in [4.78, 5) is 0. The van der Waals surface area contributed by atoms with Crippen LogP contribution in [0.5, 0.6) is 11.5 Å². The van der Waals surface area contributed by atoms with Gasteiger partial charge in [0.2, 0.25) is 0 Å². The Kier molecular flexibility index (Phi) is 14.8. The average molecular weight is 609 g/mol. The van der Waals surface area contributed by atoms with Crippen molar-refractivity contribution in [2.24, 2.45) is 0 Å². The number of ether oxygens (including phenoxy) is 4. The highest BCUT2D eigenvalue weighted by molar-refractivity contribution is 5.65. The molecule has 4 aromatic carbocycles. The molecule has 0 aliphatic rings. The molecule has 0 atom stereocenters. The zero-order chi connectivity index (χ0) is 31.6. The summed E-state index contributed by atoms with van der Waals surface area (Å²) in [5, 5.41) is 0. The van der Waals surface area contributed by atoms with E-state index in [1.165, 1.54) is 48.1 Å².